The third-order valence-electron chi connectivity index (χ3n) is 6.62. The lowest BCUT2D eigenvalue weighted by molar-refractivity contribution is 1.07. The quantitative estimate of drug-likeness (QED) is 0.233. The topological polar surface area (TPSA) is 43.3 Å². The normalized spacial score (nSPS) is 11.2. The average molecular weight is 494 g/mol. The van der Waals surface area contributed by atoms with Crippen LogP contribution < -0.4 is 5.73 Å². The number of nitrogens with zero attached hydrogens (tertiary/aromatic N) is 2. The molecule has 0 unspecified atom stereocenters. The molecule has 186 valence electrons. The maximum Gasteiger partial charge on any atom is 0.0658 e. The van der Waals surface area contributed by atoms with Crippen molar-refractivity contribution in [2.75, 3.05) is 0 Å². The van der Waals surface area contributed by atoms with Gasteiger partial charge in [-0.05, 0) is 54.1 Å². The van der Waals surface area contributed by atoms with Gasteiger partial charge < -0.3 is 10.3 Å². The lowest BCUT2D eigenvalue weighted by Gasteiger charge is -2.09. The highest BCUT2D eigenvalue weighted by atomic mass is 15.0. The van der Waals surface area contributed by atoms with Crippen LogP contribution >= 0.6 is 0 Å². The summed E-state index contributed by atoms with van der Waals surface area (Å²) in [4.78, 5) is 4.27. The van der Waals surface area contributed by atoms with E-state index in [9.17, 15) is 0 Å². The van der Waals surface area contributed by atoms with Crippen molar-refractivity contribution in [2.45, 2.75) is 13.0 Å². The smallest absolute Gasteiger partial charge is 0.0658 e. The zero-order valence-corrected chi connectivity index (χ0v) is 21.4. The molecule has 1 heterocycles. The minimum Gasteiger partial charge on any atom is -0.326 e. The number of benzene rings is 5. The summed E-state index contributed by atoms with van der Waals surface area (Å²) >= 11 is 0. The number of aliphatic imine (C=N–C) groups is 1. The molecule has 0 bridgehead atoms. The molecule has 3 heteroatoms. The summed E-state index contributed by atoms with van der Waals surface area (Å²) in [6.45, 7) is 4.42. The molecule has 1 aromatic heterocycles. The van der Waals surface area contributed by atoms with Gasteiger partial charge in [-0.1, -0.05) is 115 Å². The van der Waals surface area contributed by atoms with Crippen LogP contribution in [0.4, 0.5) is 0 Å². The van der Waals surface area contributed by atoms with Crippen molar-refractivity contribution in [1.29, 1.82) is 0 Å². The van der Waals surface area contributed by atoms with Gasteiger partial charge in [-0.3, -0.25) is 4.99 Å². The van der Waals surface area contributed by atoms with Gasteiger partial charge in [0.1, 0.15) is 0 Å². The molecule has 5 aromatic carbocycles. The van der Waals surface area contributed by atoms with E-state index in [1.165, 1.54) is 32.9 Å². The second-order valence-corrected chi connectivity index (χ2v) is 9.04. The van der Waals surface area contributed by atoms with Crippen molar-refractivity contribution in [2.24, 2.45) is 10.7 Å². The van der Waals surface area contributed by atoms with Crippen molar-refractivity contribution in [3.8, 4) is 5.69 Å². The molecule has 3 nitrogen and oxygen atoms in total. The van der Waals surface area contributed by atoms with Crippen molar-refractivity contribution >= 4 is 34.2 Å². The highest BCUT2D eigenvalue weighted by molar-refractivity contribution is 6.09. The second kappa shape index (κ2) is 12.0. The van der Waals surface area contributed by atoms with E-state index in [-0.39, 0.29) is 0 Å². The van der Waals surface area contributed by atoms with Gasteiger partial charge in [0, 0.05) is 23.0 Å². The number of allylic oxidation sites excluding steroid dienone is 1. The molecule has 0 radical (unpaired) electrons. The van der Waals surface area contributed by atoms with Crippen LogP contribution in [0, 0.1) is 0 Å². The Hall–Kier alpha value is -4.73. The summed E-state index contributed by atoms with van der Waals surface area (Å²) in [6, 6.07) is 46.1. The molecule has 0 saturated heterocycles. The lowest BCUT2D eigenvalue weighted by Crippen LogP contribution is -1.94. The third kappa shape index (κ3) is 5.49. The van der Waals surface area contributed by atoms with Crippen molar-refractivity contribution in [3.63, 3.8) is 0 Å². The van der Waals surface area contributed by atoms with Crippen LogP contribution in [-0.4, -0.2) is 11.3 Å². The van der Waals surface area contributed by atoms with E-state index in [4.69, 9.17) is 5.73 Å². The van der Waals surface area contributed by atoms with Gasteiger partial charge in [0.25, 0.3) is 0 Å². The largest absolute Gasteiger partial charge is 0.326 e. The van der Waals surface area contributed by atoms with Gasteiger partial charge in [-0.2, -0.15) is 0 Å². The summed E-state index contributed by atoms with van der Waals surface area (Å²) < 4.78 is 2.32. The SMILES string of the molecule is C=N/C(=C\Cc1ccccc1)c1ccc(-n2c3ccccc3c3ccccc32)cc1.NCc1ccccc1. The Morgan fingerprint density at radius 2 is 1.13 bits per heavy atom. The molecule has 0 aliphatic carbocycles. The van der Waals surface area contributed by atoms with Crippen molar-refractivity contribution in [1.82, 2.24) is 4.57 Å². The molecule has 0 amide bonds. The maximum atomic E-state index is 5.35. The van der Waals surface area contributed by atoms with Crippen LogP contribution in [-0.2, 0) is 13.0 Å². The summed E-state index contributed by atoms with van der Waals surface area (Å²) in [6.07, 6.45) is 2.97. The minimum absolute atomic E-state index is 0.640. The first kappa shape index (κ1) is 24.9. The standard InChI is InChI=1S/C28H22N2.C7H9N/c1-29-26(20-15-21-9-3-2-4-10-21)22-16-18-23(19-17-22)30-27-13-7-5-11-24(27)25-12-6-8-14-28(25)30;8-6-7-4-2-1-3-5-7/h2-14,16-20H,1,15H2;1-5H,6,8H2/b26-20-;. The number of para-hydroxylation sites is 2. The molecular weight excluding hydrogens is 462 g/mol. The zero-order chi connectivity index (χ0) is 26.2. The average Bonchev–Trinajstić information content (AvgIpc) is 3.33. The molecule has 6 rings (SSSR count). The molecule has 0 aliphatic rings. The molecule has 0 saturated carbocycles. The van der Waals surface area contributed by atoms with E-state index in [0.717, 1.165) is 23.4 Å². The Kier molecular flexibility index (Phi) is 7.88. The molecule has 6 aromatic rings. The van der Waals surface area contributed by atoms with Gasteiger partial charge in [0.15, 0.2) is 0 Å². The van der Waals surface area contributed by atoms with E-state index in [2.05, 4.69) is 119 Å². The van der Waals surface area contributed by atoms with Gasteiger partial charge >= 0.3 is 0 Å². The highest BCUT2D eigenvalue weighted by Crippen LogP contribution is 2.32. The van der Waals surface area contributed by atoms with Gasteiger partial charge in [0.05, 0.1) is 16.7 Å². The maximum absolute atomic E-state index is 5.35. The van der Waals surface area contributed by atoms with E-state index in [1.807, 2.05) is 36.4 Å². The summed E-state index contributed by atoms with van der Waals surface area (Å²) in [7, 11) is 0. The van der Waals surface area contributed by atoms with Crippen LogP contribution in [0.15, 0.2) is 145 Å². The molecule has 0 spiro atoms. The van der Waals surface area contributed by atoms with Crippen LogP contribution in [0.2, 0.25) is 0 Å². The Balaban J connectivity index is 0.000000316. The Labute approximate surface area is 224 Å². The monoisotopic (exact) mass is 493 g/mol. The van der Waals surface area contributed by atoms with Crippen molar-refractivity contribution in [3.05, 3.63) is 156 Å². The summed E-state index contributed by atoms with van der Waals surface area (Å²) in [5, 5.41) is 2.54. The fourth-order valence-corrected chi connectivity index (χ4v) is 4.70. The highest BCUT2D eigenvalue weighted by Gasteiger charge is 2.11. The first-order valence-electron chi connectivity index (χ1n) is 12.8. The Morgan fingerprint density at radius 3 is 1.63 bits per heavy atom. The van der Waals surface area contributed by atoms with Crippen LogP contribution in [0.5, 0.6) is 0 Å². The number of fused-ring (bicyclic) bond motifs is 3. The number of hydrogen-bond donors (Lipinski definition) is 1. The van der Waals surface area contributed by atoms with Gasteiger partial charge in [-0.15, -0.1) is 0 Å². The Morgan fingerprint density at radius 1 is 0.632 bits per heavy atom. The minimum atomic E-state index is 0.640. The molecule has 0 aliphatic heterocycles. The van der Waals surface area contributed by atoms with E-state index in [1.54, 1.807) is 0 Å². The fourth-order valence-electron chi connectivity index (χ4n) is 4.70. The second-order valence-electron chi connectivity index (χ2n) is 9.04. The third-order valence-corrected chi connectivity index (χ3v) is 6.62. The molecular formula is C35H31N3. The molecule has 2 N–H and O–H groups in total. The van der Waals surface area contributed by atoms with Crippen LogP contribution in [0.3, 0.4) is 0 Å². The summed E-state index contributed by atoms with van der Waals surface area (Å²) in [5.41, 5.74) is 13.4. The number of aromatic nitrogens is 1. The predicted molar refractivity (Wildman–Crippen MR) is 163 cm³/mol. The van der Waals surface area contributed by atoms with Gasteiger partial charge in [0.2, 0.25) is 0 Å². The first-order chi connectivity index (χ1) is 18.8. The Bertz CT molecular complexity index is 1610. The summed E-state index contributed by atoms with van der Waals surface area (Å²) in [5.74, 6) is 0. The molecule has 38 heavy (non-hydrogen) atoms. The molecule has 0 atom stereocenters. The van der Waals surface area contributed by atoms with E-state index < -0.39 is 0 Å². The first-order valence-corrected chi connectivity index (χ1v) is 12.8. The number of nitrogens with two attached hydrogens (primary N) is 1. The molecule has 0 fully saturated rings. The number of rotatable bonds is 6. The van der Waals surface area contributed by atoms with Crippen LogP contribution in [0.1, 0.15) is 16.7 Å². The van der Waals surface area contributed by atoms with E-state index >= 15 is 0 Å². The van der Waals surface area contributed by atoms with Crippen LogP contribution in [0.25, 0.3) is 33.2 Å². The number of hydrogen-bond acceptors (Lipinski definition) is 2. The lowest BCUT2D eigenvalue weighted by atomic mass is 10.1. The predicted octanol–water partition coefficient (Wildman–Crippen LogP) is 8.21. The van der Waals surface area contributed by atoms with Gasteiger partial charge in [-0.25, -0.2) is 0 Å². The van der Waals surface area contributed by atoms with Crippen molar-refractivity contribution < 1.29 is 0 Å². The fraction of sp³-hybridized carbons (Fsp3) is 0.0571. The van der Waals surface area contributed by atoms with E-state index in [0.29, 0.717) is 6.54 Å². The zero-order valence-electron chi connectivity index (χ0n) is 21.4.